The number of cyclic esters (lactones) is 1. The Balaban J connectivity index is 1.43. The molecule has 3 rings (SSSR count). The van der Waals surface area contributed by atoms with Crippen LogP contribution < -0.4 is 15.6 Å². The van der Waals surface area contributed by atoms with E-state index >= 15 is 0 Å². The number of hydrogen-bond donors (Lipinski definition) is 2. The van der Waals surface area contributed by atoms with Crippen molar-refractivity contribution in [3.8, 4) is 5.75 Å². The van der Waals surface area contributed by atoms with Crippen LogP contribution in [0.3, 0.4) is 0 Å². The second-order valence-corrected chi connectivity index (χ2v) is 5.96. The van der Waals surface area contributed by atoms with Crippen molar-refractivity contribution in [3.63, 3.8) is 0 Å². The minimum Gasteiger partial charge on any atom is -0.484 e. The van der Waals surface area contributed by atoms with Crippen LogP contribution >= 0.6 is 11.6 Å². The molecule has 134 valence electrons. The quantitative estimate of drug-likeness (QED) is 0.618. The van der Waals surface area contributed by atoms with Gasteiger partial charge in [-0.15, -0.1) is 0 Å². The lowest BCUT2D eigenvalue weighted by molar-refractivity contribution is -0.131. The Morgan fingerprint density at radius 1 is 1.04 bits per heavy atom. The zero-order chi connectivity index (χ0) is 18.5. The summed E-state index contributed by atoms with van der Waals surface area (Å²) in [6.07, 6.45) is -0.762. The highest BCUT2D eigenvalue weighted by Crippen LogP contribution is 2.32. The molecule has 2 amide bonds. The van der Waals surface area contributed by atoms with Gasteiger partial charge in [-0.1, -0.05) is 29.8 Å². The van der Waals surface area contributed by atoms with Crippen LogP contribution in [0, 0.1) is 0 Å². The predicted molar refractivity (Wildman–Crippen MR) is 92.4 cm³/mol. The van der Waals surface area contributed by atoms with Gasteiger partial charge in [-0.3, -0.25) is 20.4 Å². The maximum atomic E-state index is 12.0. The zero-order valence-electron chi connectivity index (χ0n) is 13.5. The summed E-state index contributed by atoms with van der Waals surface area (Å²) in [7, 11) is 0. The Kier molecular flexibility index (Phi) is 5.38. The number of carbonyl (C=O) groups excluding carboxylic acids is 3. The molecule has 2 aromatic rings. The van der Waals surface area contributed by atoms with E-state index in [2.05, 4.69) is 10.9 Å². The first-order valence-corrected chi connectivity index (χ1v) is 8.16. The lowest BCUT2D eigenvalue weighted by Crippen LogP contribution is -2.44. The molecule has 0 saturated heterocycles. The van der Waals surface area contributed by atoms with Crippen LogP contribution in [0.1, 0.15) is 28.4 Å². The predicted octanol–water partition coefficient (Wildman–Crippen LogP) is 2.17. The standard InChI is InChI=1S/C18H15ClN2O5/c19-11-5-7-12(8-6-11)25-10-17(23)21-20-16(22)9-15-13-3-1-2-4-14(13)18(24)26-15/h1-8,15H,9-10H2,(H,20,22)(H,21,23)/t15-/m0/s1. The molecule has 0 radical (unpaired) electrons. The number of benzene rings is 2. The molecule has 1 atom stereocenters. The smallest absolute Gasteiger partial charge is 0.339 e. The fourth-order valence-electron chi connectivity index (χ4n) is 2.45. The Labute approximate surface area is 154 Å². The SMILES string of the molecule is O=C(COc1ccc(Cl)cc1)NNC(=O)C[C@@H]1OC(=O)c2ccccc21. The number of ether oxygens (including phenoxy) is 2. The van der Waals surface area contributed by atoms with E-state index in [-0.39, 0.29) is 13.0 Å². The van der Waals surface area contributed by atoms with Crippen molar-refractivity contribution in [2.24, 2.45) is 0 Å². The van der Waals surface area contributed by atoms with Crippen LogP contribution in [0.25, 0.3) is 0 Å². The van der Waals surface area contributed by atoms with Gasteiger partial charge < -0.3 is 9.47 Å². The molecule has 1 aliphatic heterocycles. The summed E-state index contributed by atoms with van der Waals surface area (Å²) in [4.78, 5) is 35.4. The van der Waals surface area contributed by atoms with Gasteiger partial charge in [0.1, 0.15) is 11.9 Å². The van der Waals surface area contributed by atoms with Crippen molar-refractivity contribution in [2.45, 2.75) is 12.5 Å². The third-order valence-electron chi connectivity index (χ3n) is 3.67. The van der Waals surface area contributed by atoms with Gasteiger partial charge in [-0.05, 0) is 30.3 Å². The second-order valence-electron chi connectivity index (χ2n) is 5.52. The van der Waals surface area contributed by atoms with E-state index in [1.807, 2.05) is 0 Å². The van der Waals surface area contributed by atoms with Gasteiger partial charge in [0, 0.05) is 10.6 Å². The molecule has 0 aliphatic carbocycles. The molecule has 1 aliphatic rings. The van der Waals surface area contributed by atoms with Crippen LogP contribution in [0.2, 0.25) is 5.02 Å². The molecular formula is C18H15ClN2O5. The Morgan fingerprint density at radius 2 is 1.73 bits per heavy atom. The number of nitrogens with one attached hydrogen (secondary N) is 2. The van der Waals surface area contributed by atoms with Crippen LogP contribution in [0.5, 0.6) is 5.75 Å². The topological polar surface area (TPSA) is 93.7 Å². The highest BCUT2D eigenvalue weighted by Gasteiger charge is 2.32. The molecule has 2 aromatic carbocycles. The summed E-state index contributed by atoms with van der Waals surface area (Å²) in [6, 6.07) is 13.4. The number of halogens is 1. The van der Waals surface area contributed by atoms with Gasteiger partial charge in [0.2, 0.25) is 5.91 Å². The van der Waals surface area contributed by atoms with Crippen molar-refractivity contribution in [3.05, 3.63) is 64.7 Å². The van der Waals surface area contributed by atoms with E-state index in [0.29, 0.717) is 21.9 Å². The lowest BCUT2D eigenvalue weighted by atomic mass is 10.0. The maximum absolute atomic E-state index is 12.0. The molecule has 0 bridgehead atoms. The largest absolute Gasteiger partial charge is 0.484 e. The summed E-state index contributed by atoms with van der Waals surface area (Å²) in [6.45, 7) is -0.275. The van der Waals surface area contributed by atoms with Crippen molar-refractivity contribution >= 4 is 29.4 Å². The minimum atomic E-state index is -0.666. The monoisotopic (exact) mass is 374 g/mol. The molecule has 8 heteroatoms. The van der Waals surface area contributed by atoms with E-state index in [1.54, 1.807) is 48.5 Å². The molecule has 2 N–H and O–H groups in total. The molecule has 0 aromatic heterocycles. The molecule has 26 heavy (non-hydrogen) atoms. The number of rotatable bonds is 5. The molecular weight excluding hydrogens is 360 g/mol. The highest BCUT2D eigenvalue weighted by atomic mass is 35.5. The van der Waals surface area contributed by atoms with Gasteiger partial charge in [0.15, 0.2) is 6.61 Å². The van der Waals surface area contributed by atoms with E-state index in [9.17, 15) is 14.4 Å². The number of hydrogen-bond acceptors (Lipinski definition) is 5. The normalized spacial score (nSPS) is 15.0. The van der Waals surface area contributed by atoms with Crippen molar-refractivity contribution < 1.29 is 23.9 Å². The Morgan fingerprint density at radius 3 is 2.50 bits per heavy atom. The molecule has 0 spiro atoms. The summed E-state index contributed by atoms with van der Waals surface area (Å²) in [5.41, 5.74) is 5.62. The summed E-state index contributed by atoms with van der Waals surface area (Å²) >= 11 is 5.76. The summed E-state index contributed by atoms with van der Waals surface area (Å²) < 4.78 is 10.4. The first-order valence-electron chi connectivity index (χ1n) is 7.79. The van der Waals surface area contributed by atoms with Gasteiger partial charge in [-0.25, -0.2) is 4.79 Å². The zero-order valence-corrected chi connectivity index (χ0v) is 14.3. The van der Waals surface area contributed by atoms with Gasteiger partial charge >= 0.3 is 5.97 Å². The molecule has 0 saturated carbocycles. The minimum absolute atomic E-state index is 0.0962. The summed E-state index contributed by atoms with van der Waals surface area (Å²) in [5.74, 6) is -0.999. The summed E-state index contributed by atoms with van der Waals surface area (Å²) in [5, 5.41) is 0.559. The molecule has 1 heterocycles. The molecule has 0 unspecified atom stereocenters. The fourth-order valence-corrected chi connectivity index (χ4v) is 2.57. The first-order chi connectivity index (χ1) is 12.5. The van der Waals surface area contributed by atoms with Crippen LogP contribution in [0.4, 0.5) is 0 Å². The fraction of sp³-hybridized carbons (Fsp3) is 0.167. The average molecular weight is 375 g/mol. The van der Waals surface area contributed by atoms with E-state index < -0.39 is 23.9 Å². The Bertz CT molecular complexity index is 838. The van der Waals surface area contributed by atoms with E-state index in [4.69, 9.17) is 21.1 Å². The van der Waals surface area contributed by atoms with E-state index in [1.165, 1.54) is 0 Å². The van der Waals surface area contributed by atoms with E-state index in [0.717, 1.165) is 0 Å². The van der Waals surface area contributed by atoms with Gasteiger partial charge in [0.05, 0.1) is 12.0 Å². The van der Waals surface area contributed by atoms with Crippen molar-refractivity contribution in [2.75, 3.05) is 6.61 Å². The van der Waals surface area contributed by atoms with Crippen molar-refractivity contribution in [1.29, 1.82) is 0 Å². The third kappa shape index (κ3) is 4.31. The second kappa shape index (κ2) is 7.88. The number of hydrazine groups is 1. The van der Waals surface area contributed by atoms with Crippen LogP contribution in [0.15, 0.2) is 48.5 Å². The average Bonchev–Trinajstić information content (AvgIpc) is 2.95. The number of esters is 1. The lowest BCUT2D eigenvalue weighted by Gasteiger charge is -2.12. The third-order valence-corrected chi connectivity index (χ3v) is 3.92. The van der Waals surface area contributed by atoms with Gasteiger partial charge in [-0.2, -0.15) is 0 Å². The number of amides is 2. The maximum Gasteiger partial charge on any atom is 0.339 e. The van der Waals surface area contributed by atoms with Crippen molar-refractivity contribution in [1.82, 2.24) is 10.9 Å². The molecule has 0 fully saturated rings. The highest BCUT2D eigenvalue weighted by molar-refractivity contribution is 6.30. The Hall–Kier alpha value is -3.06. The first kappa shape index (κ1) is 17.8. The van der Waals surface area contributed by atoms with Crippen LogP contribution in [-0.2, 0) is 14.3 Å². The number of fused-ring (bicyclic) bond motifs is 1. The molecule has 7 nitrogen and oxygen atoms in total. The van der Waals surface area contributed by atoms with Crippen LogP contribution in [-0.4, -0.2) is 24.4 Å². The number of carbonyl (C=O) groups is 3. The van der Waals surface area contributed by atoms with Gasteiger partial charge in [0.25, 0.3) is 5.91 Å².